The van der Waals surface area contributed by atoms with Crippen molar-refractivity contribution in [1.29, 1.82) is 0 Å². The van der Waals surface area contributed by atoms with Gasteiger partial charge in [-0.1, -0.05) is 53.4 Å². The first kappa shape index (κ1) is 31.4. The van der Waals surface area contributed by atoms with Crippen LogP contribution in [0.5, 0.6) is 0 Å². The van der Waals surface area contributed by atoms with Crippen LogP contribution in [-0.2, 0) is 10.2 Å². The maximum atomic E-state index is 15.6. The molecule has 44 heavy (non-hydrogen) atoms. The van der Waals surface area contributed by atoms with E-state index in [2.05, 4.69) is 25.6 Å². The second kappa shape index (κ2) is 13.3. The number of halogens is 1. The van der Waals surface area contributed by atoms with Gasteiger partial charge in [0.2, 0.25) is 0 Å². The van der Waals surface area contributed by atoms with Gasteiger partial charge in [0.15, 0.2) is 16.6 Å². The number of aryl methyl sites for hydroxylation is 1. The van der Waals surface area contributed by atoms with Crippen LogP contribution >= 0.6 is 23.1 Å². The number of ether oxygens (including phenoxy) is 1. The summed E-state index contributed by atoms with van der Waals surface area (Å²) in [5.41, 5.74) is 0.838. The summed E-state index contributed by atoms with van der Waals surface area (Å²) < 4.78 is 21.9. The van der Waals surface area contributed by atoms with E-state index >= 15 is 4.39 Å². The molecule has 4 heterocycles. The SMILES string of the molecule is Cc1ccnc(Nc2ncc(Sc3ccnc(C(=O)NCC4(c5ccccc5)CCN(C(=O)OC(C)(C)C)CC4)c3F)s2)c1. The summed E-state index contributed by atoms with van der Waals surface area (Å²) in [7, 11) is 0. The zero-order valence-corrected chi connectivity index (χ0v) is 26.7. The Bertz CT molecular complexity index is 1620. The van der Waals surface area contributed by atoms with Gasteiger partial charge in [0, 0.05) is 37.4 Å². The van der Waals surface area contributed by atoms with Crippen LogP contribution in [0.2, 0.25) is 0 Å². The molecule has 0 bridgehead atoms. The number of benzene rings is 1. The van der Waals surface area contributed by atoms with Crippen LogP contribution in [0.3, 0.4) is 0 Å². The van der Waals surface area contributed by atoms with Crippen molar-refractivity contribution in [3.05, 3.63) is 89.8 Å². The first-order valence-corrected chi connectivity index (χ1v) is 15.9. The number of hydrogen-bond acceptors (Lipinski definition) is 9. The van der Waals surface area contributed by atoms with Gasteiger partial charge in [-0.2, -0.15) is 0 Å². The number of anilines is 2. The lowest BCUT2D eigenvalue weighted by molar-refractivity contribution is 0.0162. The van der Waals surface area contributed by atoms with Crippen molar-refractivity contribution in [2.75, 3.05) is 25.0 Å². The minimum Gasteiger partial charge on any atom is -0.444 e. The van der Waals surface area contributed by atoms with Crippen molar-refractivity contribution in [3.63, 3.8) is 0 Å². The van der Waals surface area contributed by atoms with E-state index < -0.39 is 22.7 Å². The number of rotatable bonds is 8. The average molecular weight is 635 g/mol. The van der Waals surface area contributed by atoms with Gasteiger partial charge in [-0.25, -0.2) is 24.1 Å². The molecule has 4 aromatic rings. The molecule has 1 aliphatic rings. The molecule has 1 fully saturated rings. The maximum Gasteiger partial charge on any atom is 0.410 e. The van der Waals surface area contributed by atoms with Crippen LogP contribution in [0.4, 0.5) is 20.1 Å². The molecule has 12 heteroatoms. The van der Waals surface area contributed by atoms with Gasteiger partial charge in [-0.3, -0.25) is 4.79 Å². The maximum absolute atomic E-state index is 15.6. The van der Waals surface area contributed by atoms with Gasteiger partial charge in [0.05, 0.1) is 15.3 Å². The molecule has 2 N–H and O–H groups in total. The van der Waals surface area contributed by atoms with Crippen LogP contribution < -0.4 is 10.6 Å². The van der Waals surface area contributed by atoms with Crippen molar-refractivity contribution in [2.24, 2.45) is 0 Å². The van der Waals surface area contributed by atoms with E-state index in [4.69, 9.17) is 4.74 Å². The van der Waals surface area contributed by atoms with Crippen molar-refractivity contribution in [2.45, 2.75) is 60.7 Å². The van der Waals surface area contributed by atoms with Gasteiger partial charge in [0.1, 0.15) is 11.4 Å². The Kier molecular flexibility index (Phi) is 9.50. The highest BCUT2D eigenvalue weighted by molar-refractivity contribution is 8.01. The molecule has 5 rings (SSSR count). The quantitative estimate of drug-likeness (QED) is 0.214. The third-order valence-electron chi connectivity index (χ3n) is 7.26. The summed E-state index contributed by atoms with van der Waals surface area (Å²) in [6.45, 7) is 8.73. The predicted octanol–water partition coefficient (Wildman–Crippen LogP) is 6.97. The summed E-state index contributed by atoms with van der Waals surface area (Å²) >= 11 is 2.54. The molecule has 230 valence electrons. The number of amides is 2. The van der Waals surface area contributed by atoms with Crippen molar-refractivity contribution in [1.82, 2.24) is 25.2 Å². The summed E-state index contributed by atoms with van der Waals surface area (Å²) in [6.07, 6.45) is 5.68. The fourth-order valence-electron chi connectivity index (χ4n) is 4.99. The Morgan fingerprint density at radius 3 is 2.50 bits per heavy atom. The molecular weight excluding hydrogens is 600 g/mol. The molecule has 9 nitrogen and oxygen atoms in total. The molecule has 0 spiro atoms. The highest BCUT2D eigenvalue weighted by atomic mass is 32.2. The first-order chi connectivity index (χ1) is 21.0. The fourth-order valence-corrected chi connectivity index (χ4v) is 6.85. The second-order valence-corrected chi connectivity index (χ2v) is 14.1. The standard InChI is InChI=1S/C32H35FN6O3S2/c1-21-10-14-34-24(18-21)38-29-36-19-25(44-29)43-23-11-15-35-27(26(23)33)28(40)37-20-32(22-8-6-5-7-9-22)12-16-39(17-13-32)30(41)42-31(2,3)4/h5-11,14-15,18-19H,12-13,16-17,20H2,1-4H3,(H,37,40)(H,34,36,38). The molecule has 0 radical (unpaired) electrons. The Hall–Kier alpha value is -4.03. The zero-order chi connectivity index (χ0) is 31.3. The number of aromatic nitrogens is 3. The van der Waals surface area contributed by atoms with Crippen LogP contribution in [0, 0.1) is 12.7 Å². The number of nitrogens with zero attached hydrogens (tertiary/aromatic N) is 4. The number of nitrogens with one attached hydrogen (secondary N) is 2. The highest BCUT2D eigenvalue weighted by Gasteiger charge is 2.39. The first-order valence-electron chi connectivity index (χ1n) is 14.3. The fraction of sp³-hybridized carbons (Fsp3) is 0.344. The zero-order valence-electron chi connectivity index (χ0n) is 25.1. The highest BCUT2D eigenvalue weighted by Crippen LogP contribution is 2.37. The van der Waals surface area contributed by atoms with Gasteiger partial charge >= 0.3 is 6.09 Å². The van der Waals surface area contributed by atoms with E-state index in [1.54, 1.807) is 23.4 Å². The smallest absolute Gasteiger partial charge is 0.410 e. The molecular formula is C32H35FN6O3S2. The second-order valence-electron chi connectivity index (χ2n) is 11.7. The molecule has 0 saturated carbocycles. The lowest BCUT2D eigenvalue weighted by atomic mass is 9.72. The lowest BCUT2D eigenvalue weighted by Crippen LogP contribution is -2.51. The largest absolute Gasteiger partial charge is 0.444 e. The number of pyridine rings is 2. The molecule has 1 saturated heterocycles. The van der Waals surface area contributed by atoms with Crippen LogP contribution in [-0.4, -0.2) is 57.1 Å². The average Bonchev–Trinajstić information content (AvgIpc) is 3.43. The van der Waals surface area contributed by atoms with Crippen LogP contribution in [0.1, 0.15) is 55.2 Å². The Morgan fingerprint density at radius 2 is 1.80 bits per heavy atom. The minimum absolute atomic E-state index is 0.267. The summed E-state index contributed by atoms with van der Waals surface area (Å²) in [6, 6.07) is 15.3. The third kappa shape index (κ3) is 7.72. The number of likely N-dealkylation sites (tertiary alicyclic amines) is 1. The van der Waals surface area contributed by atoms with Gasteiger partial charge in [0.25, 0.3) is 5.91 Å². The summed E-state index contributed by atoms with van der Waals surface area (Å²) in [4.78, 5) is 40.7. The molecule has 3 aromatic heterocycles. The monoisotopic (exact) mass is 634 g/mol. The van der Waals surface area contributed by atoms with Gasteiger partial charge in [-0.15, -0.1) is 0 Å². The lowest BCUT2D eigenvalue weighted by Gasteiger charge is -2.42. The van der Waals surface area contributed by atoms with Crippen LogP contribution in [0.25, 0.3) is 0 Å². The summed E-state index contributed by atoms with van der Waals surface area (Å²) in [5.74, 6) is -0.604. The third-order valence-corrected chi connectivity index (χ3v) is 9.31. The normalized spacial score (nSPS) is 14.6. The Morgan fingerprint density at radius 1 is 1.07 bits per heavy atom. The number of carbonyl (C=O) groups excluding carboxylic acids is 2. The number of thiazole rings is 1. The van der Waals surface area contributed by atoms with Crippen molar-refractivity contribution >= 4 is 46.0 Å². The predicted molar refractivity (Wildman–Crippen MR) is 170 cm³/mol. The van der Waals surface area contributed by atoms with E-state index in [9.17, 15) is 9.59 Å². The molecule has 0 aliphatic carbocycles. The van der Waals surface area contributed by atoms with E-state index in [-0.39, 0.29) is 23.2 Å². The molecule has 1 aliphatic heterocycles. The number of piperidine rings is 1. The molecule has 0 atom stereocenters. The van der Waals surface area contributed by atoms with E-state index in [1.165, 1.54) is 29.3 Å². The Labute approximate surface area is 264 Å². The van der Waals surface area contributed by atoms with Gasteiger partial charge < -0.3 is 20.3 Å². The Balaban J connectivity index is 1.26. The van der Waals surface area contributed by atoms with E-state index in [0.29, 0.717) is 36.9 Å². The van der Waals surface area contributed by atoms with Crippen LogP contribution in [0.15, 0.2) is 76.2 Å². The molecule has 0 unspecified atom stereocenters. The number of hydrogen-bond donors (Lipinski definition) is 2. The molecule has 2 amide bonds. The van der Waals surface area contributed by atoms with E-state index in [0.717, 1.165) is 15.3 Å². The molecule has 1 aromatic carbocycles. The summed E-state index contributed by atoms with van der Waals surface area (Å²) in [5, 5.41) is 6.74. The van der Waals surface area contributed by atoms with Gasteiger partial charge in [-0.05, 0) is 69.9 Å². The number of carbonyl (C=O) groups is 2. The van der Waals surface area contributed by atoms with Crippen molar-refractivity contribution < 1.29 is 18.7 Å². The minimum atomic E-state index is -0.688. The van der Waals surface area contributed by atoms with E-state index in [1.807, 2.05) is 70.2 Å². The topological polar surface area (TPSA) is 109 Å². The van der Waals surface area contributed by atoms with Crippen molar-refractivity contribution in [3.8, 4) is 0 Å².